The van der Waals surface area contributed by atoms with Crippen LogP contribution < -0.4 is 15.4 Å². The average Bonchev–Trinajstić information content (AvgIpc) is 3.34. The molecule has 1 saturated carbocycles. The molecule has 0 bridgehead atoms. The van der Waals surface area contributed by atoms with Crippen molar-refractivity contribution in [3.8, 4) is 0 Å². The topological polar surface area (TPSA) is 67.2 Å². The van der Waals surface area contributed by atoms with E-state index in [0.717, 1.165) is 30.4 Å². The highest BCUT2D eigenvalue weighted by molar-refractivity contribution is 5.47. The normalized spacial score (nSPS) is 17.9. The van der Waals surface area contributed by atoms with Gasteiger partial charge in [-0.3, -0.25) is 4.79 Å². The molecule has 0 N–H and O–H groups in total. The lowest BCUT2D eigenvalue weighted by Gasteiger charge is -2.44. The third-order valence-corrected chi connectivity index (χ3v) is 4.71. The van der Waals surface area contributed by atoms with Crippen molar-refractivity contribution in [3.05, 3.63) is 40.3 Å². The van der Waals surface area contributed by atoms with Crippen LogP contribution >= 0.6 is 0 Å². The largest absolute Gasteiger partial charge is 0.352 e. The second-order valence-electron chi connectivity index (χ2n) is 6.41. The molecule has 2 aliphatic rings. The summed E-state index contributed by atoms with van der Waals surface area (Å²) in [4.78, 5) is 15.8. The van der Waals surface area contributed by atoms with E-state index >= 15 is 0 Å². The highest BCUT2D eigenvalue weighted by Gasteiger charge is 2.32. The standard InChI is InChI=1S/C16H20N6O/c1-20(15-7-8-16(23)21(2)19-15)12-9-22(10-12)14-6-5-13(17-18-14)11-3-4-11/h5-8,11-12H,3-4,9-10H2,1-2H3. The third-order valence-electron chi connectivity index (χ3n) is 4.71. The van der Waals surface area contributed by atoms with Crippen molar-refractivity contribution < 1.29 is 0 Å². The van der Waals surface area contributed by atoms with Crippen LogP contribution in [0.4, 0.5) is 11.6 Å². The van der Waals surface area contributed by atoms with E-state index in [1.54, 1.807) is 19.2 Å². The van der Waals surface area contributed by atoms with Crippen LogP contribution in [-0.4, -0.2) is 46.2 Å². The summed E-state index contributed by atoms with van der Waals surface area (Å²) in [6.07, 6.45) is 2.49. The van der Waals surface area contributed by atoms with E-state index in [1.165, 1.54) is 17.5 Å². The Morgan fingerprint density at radius 1 is 1.13 bits per heavy atom. The molecule has 0 aromatic carbocycles. The molecule has 0 spiro atoms. The molecule has 120 valence electrons. The summed E-state index contributed by atoms with van der Waals surface area (Å²) in [5, 5.41) is 13.0. The molecule has 1 aliphatic carbocycles. The fraction of sp³-hybridized carbons (Fsp3) is 0.500. The predicted molar refractivity (Wildman–Crippen MR) is 87.9 cm³/mol. The molecule has 3 heterocycles. The third kappa shape index (κ3) is 2.67. The Morgan fingerprint density at radius 2 is 1.91 bits per heavy atom. The first-order valence-corrected chi connectivity index (χ1v) is 7.97. The van der Waals surface area contributed by atoms with Crippen molar-refractivity contribution >= 4 is 11.6 Å². The maximum Gasteiger partial charge on any atom is 0.266 e. The van der Waals surface area contributed by atoms with Crippen molar-refractivity contribution in [1.82, 2.24) is 20.0 Å². The van der Waals surface area contributed by atoms with Crippen LogP contribution in [0.5, 0.6) is 0 Å². The molecule has 0 radical (unpaired) electrons. The van der Waals surface area contributed by atoms with E-state index < -0.39 is 0 Å². The van der Waals surface area contributed by atoms with Gasteiger partial charge in [0.2, 0.25) is 0 Å². The molecule has 0 amide bonds. The van der Waals surface area contributed by atoms with E-state index in [9.17, 15) is 4.79 Å². The first-order valence-electron chi connectivity index (χ1n) is 7.97. The predicted octanol–water partition coefficient (Wildman–Crippen LogP) is 0.773. The van der Waals surface area contributed by atoms with Gasteiger partial charge in [0.1, 0.15) is 5.82 Å². The van der Waals surface area contributed by atoms with Crippen LogP contribution in [0.25, 0.3) is 0 Å². The van der Waals surface area contributed by atoms with Crippen LogP contribution in [0.15, 0.2) is 29.1 Å². The fourth-order valence-corrected chi connectivity index (χ4v) is 2.85. The minimum absolute atomic E-state index is 0.0941. The highest BCUT2D eigenvalue weighted by Crippen LogP contribution is 2.38. The van der Waals surface area contributed by atoms with E-state index in [1.807, 2.05) is 7.05 Å². The monoisotopic (exact) mass is 312 g/mol. The van der Waals surface area contributed by atoms with Gasteiger partial charge in [0, 0.05) is 39.2 Å². The molecular weight excluding hydrogens is 292 g/mol. The number of aryl methyl sites for hydroxylation is 1. The lowest BCUT2D eigenvalue weighted by molar-refractivity contribution is 0.483. The van der Waals surface area contributed by atoms with Gasteiger partial charge in [-0.2, -0.15) is 10.2 Å². The summed E-state index contributed by atoms with van der Waals surface area (Å²) < 4.78 is 1.37. The van der Waals surface area contributed by atoms with Gasteiger partial charge in [0.25, 0.3) is 5.56 Å². The quantitative estimate of drug-likeness (QED) is 0.831. The Bertz CT molecular complexity index is 761. The average molecular weight is 312 g/mol. The number of rotatable bonds is 4. The van der Waals surface area contributed by atoms with Crippen molar-refractivity contribution in [2.75, 3.05) is 29.9 Å². The van der Waals surface area contributed by atoms with Crippen molar-refractivity contribution in [2.45, 2.75) is 24.8 Å². The highest BCUT2D eigenvalue weighted by atomic mass is 16.1. The molecule has 2 fully saturated rings. The number of likely N-dealkylation sites (N-methyl/N-ethyl adjacent to an activating group) is 1. The van der Waals surface area contributed by atoms with Gasteiger partial charge >= 0.3 is 0 Å². The Morgan fingerprint density at radius 3 is 2.52 bits per heavy atom. The van der Waals surface area contributed by atoms with E-state index in [-0.39, 0.29) is 5.56 Å². The number of aromatic nitrogens is 4. The molecule has 4 rings (SSSR count). The van der Waals surface area contributed by atoms with Gasteiger partial charge in [0.05, 0.1) is 11.7 Å². The Kier molecular flexibility index (Phi) is 3.28. The zero-order valence-corrected chi connectivity index (χ0v) is 13.4. The SMILES string of the molecule is CN(c1ccc(=O)n(C)n1)C1CN(c2ccc(C3CC3)nn2)C1. The first kappa shape index (κ1) is 14.2. The molecular formula is C16H20N6O. The molecule has 1 aliphatic heterocycles. The number of anilines is 2. The zero-order chi connectivity index (χ0) is 16.0. The summed E-state index contributed by atoms with van der Waals surface area (Å²) in [6, 6.07) is 7.87. The number of hydrogen-bond donors (Lipinski definition) is 0. The Hall–Kier alpha value is -2.44. The number of hydrogen-bond acceptors (Lipinski definition) is 6. The maximum atomic E-state index is 11.4. The lowest BCUT2D eigenvalue weighted by Crippen LogP contribution is -2.59. The Balaban J connectivity index is 1.40. The van der Waals surface area contributed by atoms with E-state index in [2.05, 4.69) is 37.2 Å². The van der Waals surface area contributed by atoms with Gasteiger partial charge in [-0.1, -0.05) is 0 Å². The number of nitrogens with zero attached hydrogens (tertiary/aromatic N) is 6. The maximum absolute atomic E-state index is 11.4. The van der Waals surface area contributed by atoms with Gasteiger partial charge in [-0.25, -0.2) is 4.68 Å². The van der Waals surface area contributed by atoms with Gasteiger partial charge in [0.15, 0.2) is 5.82 Å². The van der Waals surface area contributed by atoms with Crippen LogP contribution in [0.3, 0.4) is 0 Å². The second-order valence-corrected chi connectivity index (χ2v) is 6.41. The Labute approximate surface area is 134 Å². The van der Waals surface area contributed by atoms with Gasteiger partial charge in [-0.15, -0.1) is 5.10 Å². The van der Waals surface area contributed by atoms with E-state index in [0.29, 0.717) is 12.0 Å². The fourth-order valence-electron chi connectivity index (χ4n) is 2.85. The van der Waals surface area contributed by atoms with Crippen molar-refractivity contribution in [3.63, 3.8) is 0 Å². The van der Waals surface area contributed by atoms with Crippen LogP contribution in [0.1, 0.15) is 24.5 Å². The minimum atomic E-state index is -0.0941. The van der Waals surface area contributed by atoms with Crippen LogP contribution in [0.2, 0.25) is 0 Å². The molecule has 2 aromatic rings. The summed E-state index contributed by atoms with van der Waals surface area (Å²) in [5.74, 6) is 2.39. The molecule has 0 unspecified atom stereocenters. The molecule has 23 heavy (non-hydrogen) atoms. The van der Waals surface area contributed by atoms with Crippen molar-refractivity contribution in [2.24, 2.45) is 7.05 Å². The van der Waals surface area contributed by atoms with Gasteiger partial charge < -0.3 is 9.80 Å². The molecule has 0 atom stereocenters. The summed E-state index contributed by atoms with van der Waals surface area (Å²) in [5.41, 5.74) is 1.03. The van der Waals surface area contributed by atoms with Crippen LogP contribution in [0, 0.1) is 0 Å². The second kappa shape index (κ2) is 5.33. The lowest BCUT2D eigenvalue weighted by atomic mass is 10.1. The van der Waals surface area contributed by atoms with Crippen molar-refractivity contribution in [1.29, 1.82) is 0 Å². The molecule has 7 heteroatoms. The summed E-state index contributed by atoms with van der Waals surface area (Å²) in [6.45, 7) is 1.77. The zero-order valence-electron chi connectivity index (χ0n) is 13.4. The molecule has 7 nitrogen and oxygen atoms in total. The molecule has 1 saturated heterocycles. The molecule has 2 aromatic heterocycles. The smallest absolute Gasteiger partial charge is 0.266 e. The van der Waals surface area contributed by atoms with E-state index in [4.69, 9.17) is 0 Å². The summed E-state index contributed by atoms with van der Waals surface area (Å²) >= 11 is 0. The first-order chi connectivity index (χ1) is 11.1. The minimum Gasteiger partial charge on any atom is -0.352 e. The van der Waals surface area contributed by atoms with Crippen LogP contribution in [-0.2, 0) is 7.05 Å². The summed E-state index contributed by atoms with van der Waals surface area (Å²) in [7, 11) is 3.68. The van der Waals surface area contributed by atoms with Gasteiger partial charge in [-0.05, 0) is 31.0 Å².